The Morgan fingerprint density at radius 2 is 1.00 bits per heavy atom. The summed E-state index contributed by atoms with van der Waals surface area (Å²) in [4.78, 5) is 0. The van der Waals surface area contributed by atoms with Crippen LogP contribution in [0.2, 0.25) is 0 Å². The van der Waals surface area contributed by atoms with E-state index in [1.807, 2.05) is 0 Å². The first-order chi connectivity index (χ1) is 3.00. The van der Waals surface area contributed by atoms with Gasteiger partial charge in [-0.3, -0.25) is 0 Å². The second-order valence-electron chi connectivity index (χ2n) is 0.495. The highest BCUT2D eigenvalue weighted by Gasteiger charge is 2.20. The van der Waals surface area contributed by atoms with Crippen molar-refractivity contribution in [1.29, 1.82) is 0 Å². The summed E-state index contributed by atoms with van der Waals surface area (Å²) < 4.78 is 39.0. The molecule has 0 aliphatic heterocycles. The van der Waals surface area contributed by atoms with E-state index in [-0.39, 0.29) is 0 Å². The zero-order valence-corrected chi connectivity index (χ0v) is 4.14. The van der Waals surface area contributed by atoms with Crippen LogP contribution in [-0.4, -0.2) is 13.1 Å². The molecule has 0 saturated heterocycles. The van der Waals surface area contributed by atoms with Gasteiger partial charge in [0.05, 0.1) is 0 Å². The zero-order valence-electron chi connectivity index (χ0n) is 3.24. The van der Waals surface area contributed by atoms with Crippen LogP contribution in [0.25, 0.3) is 0 Å². The fourth-order valence-electron chi connectivity index (χ4n) is 0. The number of rotatable bonds is 0. The van der Waals surface area contributed by atoms with Crippen LogP contribution in [0.1, 0.15) is 0 Å². The van der Waals surface area contributed by atoms with Crippen LogP contribution in [0.15, 0.2) is 0 Å². The maximum Gasteiger partial charge on any atom is 0.673 e. The van der Waals surface area contributed by atoms with Gasteiger partial charge in [0.2, 0.25) is 0 Å². The van der Waals surface area contributed by atoms with Crippen LogP contribution in [0.5, 0.6) is 0 Å². The summed E-state index contributed by atoms with van der Waals surface area (Å²) >= 11 is 3.28. The Bertz CT molecular complexity index is 35.4. The van der Waals surface area contributed by atoms with Gasteiger partial charge in [0, 0.05) is 0 Å². The molecule has 0 aliphatic rings. The molecule has 7 heavy (non-hydrogen) atoms. The van der Waals surface area contributed by atoms with Gasteiger partial charge < -0.3 is 17.3 Å². The van der Waals surface area contributed by atoms with Crippen LogP contribution in [0.4, 0.5) is 17.3 Å². The Hall–Kier alpha value is -0.125. The molecular formula is CH3BF4S. The summed E-state index contributed by atoms with van der Waals surface area (Å²) in [6.07, 6.45) is 0. The van der Waals surface area contributed by atoms with E-state index >= 15 is 0 Å². The Morgan fingerprint density at radius 3 is 1.00 bits per heavy atom. The Balaban J connectivity index is 0. The Labute approximate surface area is 43.6 Å². The molecule has 0 fully saturated rings. The van der Waals surface area contributed by atoms with Crippen LogP contribution < -0.4 is 0 Å². The molecule has 0 aromatic heterocycles. The predicted molar refractivity (Wildman–Crippen MR) is 26.1 cm³/mol. The minimum Gasteiger partial charge on any atom is -0.418 e. The molecule has 0 saturated carbocycles. The van der Waals surface area contributed by atoms with Crippen molar-refractivity contribution in [3.05, 3.63) is 0 Å². The SMILES string of the molecule is C=[SH+].F[B-](F)(F)F. The highest BCUT2D eigenvalue weighted by atomic mass is 32.1. The Morgan fingerprint density at radius 1 is 1.00 bits per heavy atom. The summed E-state index contributed by atoms with van der Waals surface area (Å²) in [5.74, 6) is 2.94. The van der Waals surface area contributed by atoms with E-state index < -0.39 is 7.25 Å². The van der Waals surface area contributed by atoms with Gasteiger partial charge in [0.1, 0.15) is 12.2 Å². The van der Waals surface area contributed by atoms with E-state index in [1.54, 1.807) is 0 Å². The van der Waals surface area contributed by atoms with E-state index in [1.165, 1.54) is 0 Å². The van der Waals surface area contributed by atoms with Crippen molar-refractivity contribution in [1.82, 2.24) is 0 Å². The zero-order chi connectivity index (χ0) is 6.50. The highest BCUT2D eigenvalue weighted by molar-refractivity contribution is 7.56. The van der Waals surface area contributed by atoms with Gasteiger partial charge in [0.25, 0.3) is 0 Å². The van der Waals surface area contributed by atoms with Gasteiger partial charge >= 0.3 is 7.25 Å². The first-order valence-corrected chi connectivity index (χ1v) is 1.82. The van der Waals surface area contributed by atoms with Crippen LogP contribution >= 0.6 is 0 Å². The molecule has 0 spiro atoms. The molecule has 0 heterocycles. The van der Waals surface area contributed by atoms with E-state index in [4.69, 9.17) is 0 Å². The third kappa shape index (κ3) is 5640. The average Bonchev–Trinajstić information content (AvgIpc) is 1.36. The molecule has 0 unspecified atom stereocenters. The molecule has 6 heteroatoms. The van der Waals surface area contributed by atoms with Gasteiger partial charge in [-0.25, -0.2) is 0 Å². The molecule has 0 aromatic carbocycles. The lowest BCUT2D eigenvalue weighted by Gasteiger charge is -1.94. The van der Waals surface area contributed by atoms with Gasteiger partial charge in [0.15, 0.2) is 5.87 Å². The highest BCUT2D eigenvalue weighted by Crippen LogP contribution is 2.06. The predicted octanol–water partition coefficient (Wildman–Crippen LogP) is 0.998. The first-order valence-electron chi connectivity index (χ1n) is 1.19. The molecule has 0 aliphatic carbocycles. The molecule has 0 aromatic rings. The summed E-state index contributed by atoms with van der Waals surface area (Å²) in [5.41, 5.74) is 0. The van der Waals surface area contributed by atoms with Crippen molar-refractivity contribution in [2.24, 2.45) is 0 Å². The molecular weight excluding hydrogens is 131 g/mol. The van der Waals surface area contributed by atoms with Crippen molar-refractivity contribution in [3.63, 3.8) is 0 Å². The molecule has 0 bridgehead atoms. The van der Waals surface area contributed by atoms with E-state index in [0.717, 1.165) is 0 Å². The van der Waals surface area contributed by atoms with Crippen molar-refractivity contribution < 1.29 is 17.3 Å². The van der Waals surface area contributed by atoms with Gasteiger partial charge in [-0.2, -0.15) is 0 Å². The van der Waals surface area contributed by atoms with Crippen molar-refractivity contribution in [2.45, 2.75) is 0 Å². The third-order valence-corrected chi connectivity index (χ3v) is 0. The maximum absolute atomic E-state index is 9.75. The first kappa shape index (κ1) is 9.98. The maximum atomic E-state index is 9.75. The monoisotopic (exact) mass is 134 g/mol. The van der Waals surface area contributed by atoms with Gasteiger partial charge in [-0.15, -0.1) is 0 Å². The normalized spacial score (nSPS) is 9.14. The molecule has 0 amide bonds. The van der Waals surface area contributed by atoms with E-state index in [2.05, 4.69) is 18.1 Å². The fourth-order valence-corrected chi connectivity index (χ4v) is 0. The van der Waals surface area contributed by atoms with E-state index in [0.29, 0.717) is 0 Å². The Kier molecular flexibility index (Phi) is 5.77. The second-order valence-corrected chi connectivity index (χ2v) is 0.495. The topological polar surface area (TPSA) is 0 Å². The molecule has 0 N–H and O–H groups in total. The lowest BCUT2D eigenvalue weighted by atomic mass is 10.3. The van der Waals surface area contributed by atoms with E-state index in [9.17, 15) is 17.3 Å². The summed E-state index contributed by atoms with van der Waals surface area (Å²) in [6.45, 7) is 0. The van der Waals surface area contributed by atoms with Crippen LogP contribution in [0.3, 0.4) is 0 Å². The largest absolute Gasteiger partial charge is 0.673 e. The summed E-state index contributed by atoms with van der Waals surface area (Å²) in [6, 6.07) is 0. The standard InChI is InChI=1S/CH2S.BF4/c1-2;2-1(3,4)5/h1H2;/q;-1/p+1. The lowest BCUT2D eigenvalue weighted by molar-refractivity contribution is 0.368. The minimum atomic E-state index is -6.00. The summed E-state index contributed by atoms with van der Waals surface area (Å²) in [5, 5.41) is 0. The van der Waals surface area contributed by atoms with Crippen LogP contribution in [0, 0.1) is 0 Å². The molecule has 0 nitrogen and oxygen atoms in total. The van der Waals surface area contributed by atoms with Gasteiger partial charge in [-0.05, 0) is 0 Å². The molecule has 0 atom stereocenters. The van der Waals surface area contributed by atoms with Crippen molar-refractivity contribution in [2.75, 3.05) is 0 Å². The quantitative estimate of drug-likeness (QED) is 0.152. The number of hydrogen-bond donors (Lipinski definition) is 0. The van der Waals surface area contributed by atoms with Crippen molar-refractivity contribution in [3.8, 4) is 0 Å². The second kappa shape index (κ2) is 4.05. The summed E-state index contributed by atoms with van der Waals surface area (Å²) in [7, 11) is -6.00. The number of thiol groups is 1. The number of halogens is 4. The van der Waals surface area contributed by atoms with Gasteiger partial charge in [-0.1, -0.05) is 0 Å². The molecule has 0 radical (unpaired) electrons. The molecule has 0 rings (SSSR count). The van der Waals surface area contributed by atoms with Crippen LogP contribution in [-0.2, 0) is 12.2 Å². The number of hydrogen-bond acceptors (Lipinski definition) is 0. The minimum absolute atomic E-state index is 2.94. The fraction of sp³-hybridized carbons (Fsp3) is 0. The third-order valence-electron chi connectivity index (χ3n) is 0. The van der Waals surface area contributed by atoms with Crippen molar-refractivity contribution >= 4 is 25.3 Å². The smallest absolute Gasteiger partial charge is 0.418 e. The lowest BCUT2D eigenvalue weighted by Crippen LogP contribution is -2.02. The average molecular weight is 134 g/mol. The molecule has 44 valence electrons.